The summed E-state index contributed by atoms with van der Waals surface area (Å²) in [6.45, 7) is 1.74. The van der Waals surface area contributed by atoms with Crippen LogP contribution in [0.3, 0.4) is 0 Å². The molecule has 0 amide bonds. The molecular formula is C22H23FN2O2. The average Bonchev–Trinajstić information content (AvgIpc) is 3.07. The van der Waals surface area contributed by atoms with E-state index in [1.165, 1.54) is 6.07 Å². The maximum Gasteiger partial charge on any atom is 0.166 e. The second-order valence-electron chi connectivity index (χ2n) is 7.34. The monoisotopic (exact) mass is 366 g/mol. The van der Waals surface area contributed by atoms with Crippen molar-refractivity contribution < 1.29 is 13.9 Å². The van der Waals surface area contributed by atoms with Crippen LogP contribution in [0.4, 0.5) is 4.39 Å². The van der Waals surface area contributed by atoms with Crippen LogP contribution in [0.25, 0.3) is 5.52 Å². The summed E-state index contributed by atoms with van der Waals surface area (Å²) in [4.78, 5) is 12.5. The van der Waals surface area contributed by atoms with Gasteiger partial charge >= 0.3 is 0 Å². The first-order valence-electron chi connectivity index (χ1n) is 9.49. The van der Waals surface area contributed by atoms with Crippen LogP contribution in [0.5, 0.6) is 5.75 Å². The topological polar surface area (TPSA) is 43.6 Å². The van der Waals surface area contributed by atoms with Crippen molar-refractivity contribution in [1.29, 1.82) is 0 Å². The molecule has 0 radical (unpaired) electrons. The van der Waals surface area contributed by atoms with Crippen LogP contribution < -0.4 is 4.74 Å². The highest BCUT2D eigenvalue weighted by molar-refractivity contribution is 6.02. The number of carbonyl (C=O) groups is 1. The van der Waals surface area contributed by atoms with E-state index in [0.717, 1.165) is 31.2 Å². The minimum atomic E-state index is -0.227. The molecule has 2 heterocycles. The van der Waals surface area contributed by atoms with Crippen LogP contribution >= 0.6 is 0 Å². The Morgan fingerprint density at radius 1 is 1.26 bits per heavy atom. The quantitative estimate of drug-likeness (QED) is 0.553. The normalized spacial score (nSPS) is 19.0. The Morgan fingerprint density at radius 3 is 2.96 bits per heavy atom. The maximum atomic E-state index is 13.6. The molecule has 1 fully saturated rings. The first kappa shape index (κ1) is 17.7. The SMILES string of the molecule is Cc1c(F)cccc1OC1CC(CCCC(=O)c2cnn3ccccc23)C1. The van der Waals surface area contributed by atoms with E-state index in [1.807, 2.05) is 30.5 Å². The zero-order valence-corrected chi connectivity index (χ0v) is 15.4. The number of fused-ring (bicyclic) bond motifs is 1. The summed E-state index contributed by atoms with van der Waals surface area (Å²) in [5.74, 6) is 1.15. The molecule has 0 unspecified atom stereocenters. The van der Waals surface area contributed by atoms with Gasteiger partial charge < -0.3 is 4.74 Å². The molecule has 0 bridgehead atoms. The molecule has 1 saturated carbocycles. The first-order chi connectivity index (χ1) is 13.1. The van der Waals surface area contributed by atoms with E-state index in [9.17, 15) is 9.18 Å². The Labute approximate surface area is 158 Å². The largest absolute Gasteiger partial charge is 0.490 e. The summed E-state index contributed by atoms with van der Waals surface area (Å²) in [6.07, 6.45) is 8.05. The van der Waals surface area contributed by atoms with Crippen LogP contribution in [0.15, 0.2) is 48.8 Å². The van der Waals surface area contributed by atoms with Crippen molar-refractivity contribution in [1.82, 2.24) is 9.61 Å². The fourth-order valence-corrected chi connectivity index (χ4v) is 3.74. The summed E-state index contributed by atoms with van der Waals surface area (Å²) in [5, 5.41) is 4.23. The van der Waals surface area contributed by atoms with Crippen molar-refractivity contribution in [3.05, 3.63) is 65.7 Å². The molecule has 3 aromatic rings. The number of aromatic nitrogens is 2. The Morgan fingerprint density at radius 2 is 2.11 bits per heavy atom. The minimum Gasteiger partial charge on any atom is -0.490 e. The van der Waals surface area contributed by atoms with Gasteiger partial charge in [-0.3, -0.25) is 4.79 Å². The summed E-state index contributed by atoms with van der Waals surface area (Å²) in [7, 11) is 0. The predicted octanol–water partition coefficient (Wildman–Crippen LogP) is 4.99. The third-order valence-electron chi connectivity index (χ3n) is 5.45. The molecule has 0 spiro atoms. The van der Waals surface area contributed by atoms with E-state index in [2.05, 4.69) is 5.10 Å². The van der Waals surface area contributed by atoms with E-state index >= 15 is 0 Å². The van der Waals surface area contributed by atoms with Gasteiger partial charge in [-0.2, -0.15) is 5.10 Å². The Hall–Kier alpha value is -2.69. The molecule has 2 aromatic heterocycles. The van der Waals surface area contributed by atoms with Crippen molar-refractivity contribution in [2.75, 3.05) is 0 Å². The molecule has 4 nitrogen and oxygen atoms in total. The van der Waals surface area contributed by atoms with Crippen molar-refractivity contribution in [3.8, 4) is 5.75 Å². The van der Waals surface area contributed by atoms with Crippen molar-refractivity contribution in [3.63, 3.8) is 0 Å². The van der Waals surface area contributed by atoms with Gasteiger partial charge in [-0.25, -0.2) is 8.91 Å². The molecule has 140 valence electrons. The second kappa shape index (κ2) is 7.51. The predicted molar refractivity (Wildman–Crippen MR) is 102 cm³/mol. The van der Waals surface area contributed by atoms with Gasteiger partial charge in [0.2, 0.25) is 0 Å². The van der Waals surface area contributed by atoms with Gasteiger partial charge in [-0.05, 0) is 62.8 Å². The Bertz CT molecular complexity index is 960. The highest BCUT2D eigenvalue weighted by Crippen LogP contribution is 2.36. The van der Waals surface area contributed by atoms with Crippen molar-refractivity contribution in [2.45, 2.75) is 45.1 Å². The Balaban J connectivity index is 1.22. The van der Waals surface area contributed by atoms with Gasteiger partial charge in [0.1, 0.15) is 11.6 Å². The lowest BCUT2D eigenvalue weighted by atomic mass is 9.78. The molecule has 5 heteroatoms. The third kappa shape index (κ3) is 3.72. The zero-order valence-electron chi connectivity index (χ0n) is 15.4. The molecule has 0 aliphatic heterocycles. The third-order valence-corrected chi connectivity index (χ3v) is 5.45. The standard InChI is InChI=1S/C22H23FN2O2/c1-15-19(23)7-5-10-22(15)27-17-12-16(13-17)6-4-9-21(26)18-14-24-25-11-3-2-8-20(18)25/h2-3,5,7-8,10-11,14,16-17H,4,6,9,12-13H2,1H3. The van der Waals surface area contributed by atoms with E-state index in [-0.39, 0.29) is 17.7 Å². The maximum absolute atomic E-state index is 13.6. The number of nitrogens with zero attached hydrogens (tertiary/aromatic N) is 2. The molecule has 1 aliphatic carbocycles. The molecule has 4 rings (SSSR count). The van der Waals surface area contributed by atoms with E-state index in [4.69, 9.17) is 4.74 Å². The van der Waals surface area contributed by atoms with Gasteiger partial charge in [0.15, 0.2) is 5.78 Å². The first-order valence-corrected chi connectivity index (χ1v) is 9.49. The van der Waals surface area contributed by atoms with Gasteiger partial charge in [0, 0.05) is 18.2 Å². The number of hydrogen-bond donors (Lipinski definition) is 0. The fraction of sp³-hybridized carbons (Fsp3) is 0.364. The van der Waals surface area contributed by atoms with Gasteiger partial charge in [-0.15, -0.1) is 0 Å². The van der Waals surface area contributed by atoms with Crippen LogP contribution in [-0.4, -0.2) is 21.5 Å². The van der Waals surface area contributed by atoms with Crippen LogP contribution in [-0.2, 0) is 0 Å². The number of Topliss-reactive ketones (excluding diaryl/α,β-unsaturated/α-hetero) is 1. The molecule has 0 atom stereocenters. The smallest absolute Gasteiger partial charge is 0.166 e. The number of benzene rings is 1. The summed E-state index contributed by atoms with van der Waals surface area (Å²) in [5.41, 5.74) is 2.14. The molecule has 1 aromatic carbocycles. The number of rotatable bonds is 7. The van der Waals surface area contributed by atoms with E-state index in [1.54, 1.807) is 23.7 Å². The van der Waals surface area contributed by atoms with Crippen LogP contribution in [0.2, 0.25) is 0 Å². The zero-order chi connectivity index (χ0) is 18.8. The molecule has 1 aliphatic rings. The van der Waals surface area contributed by atoms with Gasteiger partial charge in [-0.1, -0.05) is 12.1 Å². The Kier molecular flexibility index (Phi) is 4.92. The van der Waals surface area contributed by atoms with Crippen LogP contribution in [0, 0.1) is 18.7 Å². The van der Waals surface area contributed by atoms with E-state index in [0.29, 0.717) is 29.2 Å². The number of pyridine rings is 1. The molecule has 27 heavy (non-hydrogen) atoms. The summed E-state index contributed by atoms with van der Waals surface area (Å²) in [6, 6.07) is 10.7. The fourth-order valence-electron chi connectivity index (χ4n) is 3.74. The lowest BCUT2D eigenvalue weighted by Gasteiger charge is -2.35. The van der Waals surface area contributed by atoms with Crippen molar-refractivity contribution >= 4 is 11.3 Å². The van der Waals surface area contributed by atoms with Gasteiger partial charge in [0.25, 0.3) is 0 Å². The average molecular weight is 366 g/mol. The molecule has 0 N–H and O–H groups in total. The van der Waals surface area contributed by atoms with Crippen LogP contribution in [0.1, 0.15) is 48.0 Å². The highest BCUT2D eigenvalue weighted by Gasteiger charge is 2.31. The molecule has 0 saturated heterocycles. The second-order valence-corrected chi connectivity index (χ2v) is 7.34. The lowest BCUT2D eigenvalue weighted by Crippen LogP contribution is -2.34. The summed E-state index contributed by atoms with van der Waals surface area (Å²) >= 11 is 0. The number of hydrogen-bond acceptors (Lipinski definition) is 3. The number of halogens is 1. The molecular weight excluding hydrogens is 343 g/mol. The van der Waals surface area contributed by atoms with Crippen molar-refractivity contribution in [2.24, 2.45) is 5.92 Å². The minimum absolute atomic E-state index is 0.152. The summed E-state index contributed by atoms with van der Waals surface area (Å²) < 4.78 is 21.2. The number of ether oxygens (including phenoxy) is 1. The highest BCUT2D eigenvalue weighted by atomic mass is 19.1. The lowest BCUT2D eigenvalue weighted by molar-refractivity contribution is 0.0582. The number of ketones is 1. The number of carbonyl (C=O) groups excluding carboxylic acids is 1. The van der Waals surface area contributed by atoms with E-state index < -0.39 is 0 Å². The van der Waals surface area contributed by atoms with Gasteiger partial charge in [0.05, 0.1) is 23.4 Å².